The molecule has 1 unspecified atom stereocenters. The number of halogens is 2. The van der Waals surface area contributed by atoms with E-state index in [1.165, 1.54) is 3.57 Å². The van der Waals surface area contributed by atoms with Crippen molar-refractivity contribution in [2.24, 2.45) is 0 Å². The highest BCUT2D eigenvalue weighted by Crippen LogP contribution is 2.25. The van der Waals surface area contributed by atoms with Crippen LogP contribution in [0, 0.1) is 3.57 Å². The summed E-state index contributed by atoms with van der Waals surface area (Å²) in [7, 11) is 4.09. The molecular formula is C15H21ClIN3O. The van der Waals surface area contributed by atoms with Gasteiger partial charge in [0, 0.05) is 16.7 Å². The molecule has 0 amide bonds. The summed E-state index contributed by atoms with van der Waals surface area (Å²) in [5, 5.41) is -0.114. The number of benzene rings is 1. The Morgan fingerprint density at radius 3 is 2.81 bits per heavy atom. The smallest absolute Gasteiger partial charge is 0.127 e. The first kappa shape index (κ1) is 17.0. The van der Waals surface area contributed by atoms with E-state index in [1.54, 1.807) is 0 Å². The lowest BCUT2D eigenvalue weighted by molar-refractivity contribution is 0.111. The van der Waals surface area contributed by atoms with Gasteiger partial charge in [-0.3, -0.25) is 0 Å². The lowest BCUT2D eigenvalue weighted by Gasteiger charge is -2.12. The number of alkyl halides is 1. The minimum absolute atomic E-state index is 0.114. The van der Waals surface area contributed by atoms with Crippen LogP contribution in [0.4, 0.5) is 0 Å². The molecule has 0 aliphatic heterocycles. The molecule has 1 aromatic heterocycles. The Kier molecular flexibility index (Phi) is 6.28. The Labute approximate surface area is 144 Å². The average Bonchev–Trinajstić information content (AvgIpc) is 2.76. The SMILES string of the molecule is CC(Cl)c1nc2cc(I)ccc2n1CCOCCN(C)C. The number of hydrogen-bond donors (Lipinski definition) is 0. The van der Waals surface area contributed by atoms with E-state index in [-0.39, 0.29) is 5.38 Å². The van der Waals surface area contributed by atoms with Crippen LogP contribution in [0.2, 0.25) is 0 Å². The first-order valence-corrected chi connectivity index (χ1v) is 8.53. The molecule has 0 aliphatic rings. The summed E-state index contributed by atoms with van der Waals surface area (Å²) < 4.78 is 9.04. The molecule has 0 fully saturated rings. The van der Waals surface area contributed by atoms with Gasteiger partial charge in [0.2, 0.25) is 0 Å². The Morgan fingerprint density at radius 1 is 1.38 bits per heavy atom. The van der Waals surface area contributed by atoms with Crippen LogP contribution in [0.5, 0.6) is 0 Å². The van der Waals surface area contributed by atoms with Gasteiger partial charge in [-0.1, -0.05) is 0 Å². The molecular weight excluding hydrogens is 401 g/mol. The Morgan fingerprint density at radius 2 is 2.14 bits per heavy atom. The van der Waals surface area contributed by atoms with Gasteiger partial charge in [0.15, 0.2) is 0 Å². The number of hydrogen-bond acceptors (Lipinski definition) is 3. The van der Waals surface area contributed by atoms with Crippen LogP contribution in [-0.2, 0) is 11.3 Å². The van der Waals surface area contributed by atoms with E-state index < -0.39 is 0 Å². The highest BCUT2D eigenvalue weighted by Gasteiger charge is 2.14. The van der Waals surface area contributed by atoms with Crippen LogP contribution in [0.25, 0.3) is 11.0 Å². The molecule has 116 valence electrons. The zero-order valence-corrected chi connectivity index (χ0v) is 15.6. The van der Waals surface area contributed by atoms with Gasteiger partial charge < -0.3 is 14.2 Å². The maximum Gasteiger partial charge on any atom is 0.127 e. The summed E-state index contributed by atoms with van der Waals surface area (Å²) in [6.45, 7) is 5.07. The van der Waals surface area contributed by atoms with Crippen molar-refractivity contribution in [3.63, 3.8) is 0 Å². The molecule has 2 aromatic rings. The van der Waals surface area contributed by atoms with Gasteiger partial charge >= 0.3 is 0 Å². The minimum Gasteiger partial charge on any atom is -0.378 e. The first-order valence-electron chi connectivity index (χ1n) is 7.01. The van der Waals surface area contributed by atoms with E-state index in [2.05, 4.69) is 55.2 Å². The normalized spacial score (nSPS) is 13.2. The van der Waals surface area contributed by atoms with Gasteiger partial charge in [-0.25, -0.2) is 4.98 Å². The van der Waals surface area contributed by atoms with Crippen LogP contribution in [0.1, 0.15) is 18.1 Å². The van der Waals surface area contributed by atoms with Gasteiger partial charge in [0.1, 0.15) is 5.82 Å². The summed E-state index contributed by atoms with van der Waals surface area (Å²) in [6, 6.07) is 6.28. The van der Waals surface area contributed by atoms with E-state index in [1.807, 2.05) is 21.0 Å². The van der Waals surface area contributed by atoms with Crippen molar-refractivity contribution in [1.29, 1.82) is 0 Å². The van der Waals surface area contributed by atoms with E-state index in [9.17, 15) is 0 Å². The molecule has 0 radical (unpaired) electrons. The third kappa shape index (κ3) is 4.55. The van der Waals surface area contributed by atoms with Crippen molar-refractivity contribution in [3.8, 4) is 0 Å². The second-order valence-corrected chi connectivity index (χ2v) is 7.19. The molecule has 1 atom stereocenters. The fourth-order valence-electron chi connectivity index (χ4n) is 2.17. The van der Waals surface area contributed by atoms with Crippen LogP contribution in [-0.4, -0.2) is 48.3 Å². The molecule has 0 N–H and O–H groups in total. The first-order chi connectivity index (χ1) is 9.99. The summed E-state index contributed by atoms with van der Waals surface area (Å²) in [4.78, 5) is 6.77. The average molecular weight is 422 g/mol. The second kappa shape index (κ2) is 7.76. The molecule has 1 heterocycles. The lowest BCUT2D eigenvalue weighted by atomic mass is 10.3. The maximum atomic E-state index is 6.27. The van der Waals surface area contributed by atoms with E-state index >= 15 is 0 Å². The largest absolute Gasteiger partial charge is 0.378 e. The van der Waals surface area contributed by atoms with Crippen molar-refractivity contribution >= 4 is 45.2 Å². The van der Waals surface area contributed by atoms with E-state index in [4.69, 9.17) is 16.3 Å². The molecule has 0 spiro atoms. The molecule has 2 rings (SSSR count). The summed E-state index contributed by atoms with van der Waals surface area (Å²) in [6.07, 6.45) is 0. The van der Waals surface area contributed by atoms with Crippen molar-refractivity contribution in [3.05, 3.63) is 27.6 Å². The third-order valence-corrected chi connectivity index (χ3v) is 4.10. The van der Waals surface area contributed by atoms with Crippen molar-refractivity contribution in [2.75, 3.05) is 33.9 Å². The molecule has 0 bridgehead atoms. The predicted octanol–water partition coefficient (Wildman–Crippen LogP) is 3.52. The van der Waals surface area contributed by atoms with Crippen molar-refractivity contribution in [2.45, 2.75) is 18.8 Å². The topological polar surface area (TPSA) is 30.3 Å². The summed E-state index contributed by atoms with van der Waals surface area (Å²) in [5.74, 6) is 0.907. The third-order valence-electron chi connectivity index (χ3n) is 3.24. The zero-order valence-electron chi connectivity index (χ0n) is 12.6. The molecule has 4 nitrogen and oxygen atoms in total. The van der Waals surface area contributed by atoms with E-state index in [0.29, 0.717) is 6.61 Å². The van der Waals surface area contributed by atoms with Crippen LogP contribution >= 0.6 is 34.2 Å². The number of fused-ring (bicyclic) bond motifs is 1. The number of imidazole rings is 1. The van der Waals surface area contributed by atoms with Crippen molar-refractivity contribution < 1.29 is 4.74 Å². The number of ether oxygens (including phenoxy) is 1. The quantitative estimate of drug-likeness (QED) is 0.389. The monoisotopic (exact) mass is 421 g/mol. The summed E-state index contributed by atoms with van der Waals surface area (Å²) >= 11 is 8.57. The predicted molar refractivity (Wildman–Crippen MR) is 96.1 cm³/mol. The number of nitrogens with zero attached hydrogens (tertiary/aromatic N) is 3. The number of rotatable bonds is 7. The molecule has 21 heavy (non-hydrogen) atoms. The van der Waals surface area contributed by atoms with Gasteiger partial charge in [0.25, 0.3) is 0 Å². The minimum atomic E-state index is -0.114. The molecule has 0 saturated heterocycles. The van der Waals surface area contributed by atoms with Gasteiger partial charge in [-0.2, -0.15) is 0 Å². The highest BCUT2D eigenvalue weighted by atomic mass is 127. The molecule has 1 aromatic carbocycles. The fraction of sp³-hybridized carbons (Fsp3) is 0.533. The van der Waals surface area contributed by atoms with Gasteiger partial charge in [0.05, 0.1) is 29.6 Å². The maximum absolute atomic E-state index is 6.27. The summed E-state index contributed by atoms with van der Waals surface area (Å²) in [5.41, 5.74) is 2.12. The highest BCUT2D eigenvalue weighted by molar-refractivity contribution is 14.1. The Bertz CT molecular complexity index is 598. The van der Waals surface area contributed by atoms with Crippen LogP contribution in [0.15, 0.2) is 18.2 Å². The number of likely N-dealkylation sites (N-methyl/N-ethyl adjacent to an activating group) is 1. The van der Waals surface area contributed by atoms with Gasteiger partial charge in [-0.15, -0.1) is 11.6 Å². The van der Waals surface area contributed by atoms with Crippen LogP contribution in [0.3, 0.4) is 0 Å². The van der Waals surface area contributed by atoms with E-state index in [0.717, 1.165) is 36.6 Å². The van der Waals surface area contributed by atoms with Crippen molar-refractivity contribution in [1.82, 2.24) is 14.5 Å². The Balaban J connectivity index is 2.11. The van der Waals surface area contributed by atoms with Gasteiger partial charge in [-0.05, 0) is 61.8 Å². The fourth-order valence-corrected chi connectivity index (χ4v) is 2.81. The molecule has 6 heteroatoms. The Hall–Kier alpha value is -0.370. The number of aromatic nitrogens is 2. The second-order valence-electron chi connectivity index (χ2n) is 5.29. The zero-order chi connectivity index (χ0) is 15.4. The lowest BCUT2D eigenvalue weighted by Crippen LogP contribution is -2.19. The molecule has 0 aliphatic carbocycles. The van der Waals surface area contributed by atoms with Crippen LogP contribution < -0.4 is 0 Å². The molecule has 0 saturated carbocycles. The standard InChI is InChI=1S/C15H21ClIN3O/c1-11(16)15-18-13-10-12(17)4-5-14(13)20(15)7-9-21-8-6-19(2)3/h4-5,10-11H,6-9H2,1-3H3.